The van der Waals surface area contributed by atoms with Crippen molar-refractivity contribution in [3.05, 3.63) is 64.7 Å². The van der Waals surface area contributed by atoms with Crippen molar-refractivity contribution in [3.8, 4) is 5.75 Å². The van der Waals surface area contributed by atoms with E-state index in [0.29, 0.717) is 11.1 Å². The highest BCUT2D eigenvalue weighted by molar-refractivity contribution is 5.97. The Labute approximate surface area is 121 Å². The van der Waals surface area contributed by atoms with E-state index in [-0.39, 0.29) is 5.82 Å². The van der Waals surface area contributed by atoms with Crippen LogP contribution in [0.5, 0.6) is 5.75 Å². The normalized spacial score (nSPS) is 12.0. The Morgan fingerprint density at radius 1 is 1.19 bits per heavy atom. The highest BCUT2D eigenvalue weighted by atomic mass is 19.1. The molecule has 1 amide bonds. The third kappa shape index (κ3) is 3.18. The summed E-state index contributed by atoms with van der Waals surface area (Å²) in [6.07, 6.45) is 0. The molecule has 0 heterocycles. The minimum Gasteiger partial charge on any atom is -0.507 e. The zero-order valence-corrected chi connectivity index (χ0v) is 11.7. The summed E-state index contributed by atoms with van der Waals surface area (Å²) in [5.74, 6) is -2.37. The fourth-order valence-corrected chi connectivity index (χ4v) is 1.97. The number of amides is 1. The molecule has 2 N–H and O–H groups in total. The van der Waals surface area contributed by atoms with Gasteiger partial charge in [0.05, 0.1) is 6.04 Å². The highest BCUT2D eigenvalue weighted by Gasteiger charge is 2.19. The summed E-state index contributed by atoms with van der Waals surface area (Å²) in [4.78, 5) is 12.0. The molecule has 0 aliphatic rings. The average molecular weight is 291 g/mol. The minimum atomic E-state index is -0.810. The molecule has 0 fully saturated rings. The molecule has 110 valence electrons. The predicted molar refractivity (Wildman–Crippen MR) is 75.1 cm³/mol. The Morgan fingerprint density at radius 2 is 1.90 bits per heavy atom. The molecule has 2 aromatic rings. The first-order chi connectivity index (χ1) is 9.90. The van der Waals surface area contributed by atoms with Crippen LogP contribution in [-0.2, 0) is 0 Å². The molecular weight excluding hydrogens is 276 g/mol. The van der Waals surface area contributed by atoms with Crippen molar-refractivity contribution in [1.29, 1.82) is 0 Å². The number of aryl methyl sites for hydroxylation is 1. The predicted octanol–water partition coefficient (Wildman–Crippen LogP) is 3.47. The molecule has 2 rings (SSSR count). The molecule has 1 atom stereocenters. The first-order valence-electron chi connectivity index (χ1n) is 6.44. The van der Waals surface area contributed by atoms with Gasteiger partial charge in [-0.05, 0) is 43.2 Å². The smallest absolute Gasteiger partial charge is 0.258 e. The Hall–Kier alpha value is -2.43. The zero-order chi connectivity index (χ0) is 15.6. The molecule has 5 heteroatoms. The topological polar surface area (TPSA) is 49.3 Å². The van der Waals surface area contributed by atoms with Crippen LogP contribution in [0.2, 0.25) is 0 Å². The number of halogens is 2. The summed E-state index contributed by atoms with van der Waals surface area (Å²) in [6.45, 7) is 3.29. The number of benzene rings is 2. The zero-order valence-electron chi connectivity index (χ0n) is 11.7. The number of aromatic hydroxyl groups is 1. The molecule has 0 aliphatic heterocycles. The maximum atomic E-state index is 13.6. The van der Waals surface area contributed by atoms with Gasteiger partial charge in [0.15, 0.2) is 0 Å². The van der Waals surface area contributed by atoms with Gasteiger partial charge in [0, 0.05) is 0 Å². The molecule has 21 heavy (non-hydrogen) atoms. The minimum absolute atomic E-state index is 0.373. The van der Waals surface area contributed by atoms with Crippen LogP contribution in [0.4, 0.5) is 8.78 Å². The second-order valence-corrected chi connectivity index (χ2v) is 4.84. The molecule has 0 aliphatic carbocycles. The molecule has 3 nitrogen and oxygen atoms in total. The lowest BCUT2D eigenvalue weighted by Gasteiger charge is -2.15. The molecule has 0 saturated carbocycles. The van der Waals surface area contributed by atoms with Gasteiger partial charge in [0.2, 0.25) is 0 Å². The third-order valence-electron chi connectivity index (χ3n) is 3.26. The monoisotopic (exact) mass is 291 g/mol. The van der Waals surface area contributed by atoms with E-state index in [1.807, 2.05) is 0 Å². The number of phenolic OH excluding ortho intramolecular Hbond substituents is 1. The van der Waals surface area contributed by atoms with Crippen LogP contribution in [0, 0.1) is 18.6 Å². The maximum Gasteiger partial charge on any atom is 0.258 e. The highest BCUT2D eigenvalue weighted by Crippen LogP contribution is 2.22. The third-order valence-corrected chi connectivity index (χ3v) is 3.26. The largest absolute Gasteiger partial charge is 0.507 e. The van der Waals surface area contributed by atoms with Gasteiger partial charge in [0.1, 0.15) is 22.9 Å². The Balaban J connectivity index is 2.21. The lowest BCUT2D eigenvalue weighted by Crippen LogP contribution is -2.27. The van der Waals surface area contributed by atoms with Crippen LogP contribution < -0.4 is 5.32 Å². The molecular formula is C16H15F2NO2. The lowest BCUT2D eigenvalue weighted by molar-refractivity contribution is 0.0933. The van der Waals surface area contributed by atoms with E-state index in [0.717, 1.165) is 6.07 Å². The van der Waals surface area contributed by atoms with Gasteiger partial charge in [-0.15, -0.1) is 0 Å². The summed E-state index contributed by atoms with van der Waals surface area (Å²) in [5.41, 5.74) is 0.642. The maximum absolute atomic E-state index is 13.6. The van der Waals surface area contributed by atoms with Gasteiger partial charge in [-0.3, -0.25) is 4.79 Å². The van der Waals surface area contributed by atoms with Crippen molar-refractivity contribution < 1.29 is 18.7 Å². The number of carbonyl (C=O) groups excluding carboxylic acids is 1. The van der Waals surface area contributed by atoms with Crippen molar-refractivity contribution in [2.75, 3.05) is 0 Å². The van der Waals surface area contributed by atoms with Crippen LogP contribution in [-0.4, -0.2) is 11.0 Å². The van der Waals surface area contributed by atoms with Crippen LogP contribution in [0.1, 0.15) is 34.5 Å². The van der Waals surface area contributed by atoms with Crippen LogP contribution >= 0.6 is 0 Å². The number of hydrogen-bond acceptors (Lipinski definition) is 2. The van der Waals surface area contributed by atoms with E-state index < -0.39 is 29.1 Å². The lowest BCUT2D eigenvalue weighted by atomic mass is 10.1. The van der Waals surface area contributed by atoms with Crippen LogP contribution in [0.15, 0.2) is 36.4 Å². The molecule has 2 aromatic carbocycles. The fraction of sp³-hybridized carbons (Fsp3) is 0.188. The molecule has 0 aromatic heterocycles. The van der Waals surface area contributed by atoms with E-state index in [1.165, 1.54) is 18.2 Å². The van der Waals surface area contributed by atoms with E-state index >= 15 is 0 Å². The van der Waals surface area contributed by atoms with E-state index in [1.54, 1.807) is 26.0 Å². The summed E-state index contributed by atoms with van der Waals surface area (Å²) < 4.78 is 27.1. The molecule has 0 bridgehead atoms. The van der Waals surface area contributed by atoms with E-state index in [9.17, 15) is 18.7 Å². The summed E-state index contributed by atoms with van der Waals surface area (Å²) in [7, 11) is 0. The van der Waals surface area contributed by atoms with Crippen molar-refractivity contribution in [1.82, 2.24) is 5.32 Å². The van der Waals surface area contributed by atoms with Crippen molar-refractivity contribution in [2.45, 2.75) is 19.9 Å². The number of hydrogen-bond donors (Lipinski definition) is 2. The molecule has 0 radical (unpaired) electrons. The fourth-order valence-electron chi connectivity index (χ4n) is 1.97. The molecule has 0 saturated heterocycles. The van der Waals surface area contributed by atoms with Gasteiger partial charge in [0.25, 0.3) is 5.91 Å². The van der Waals surface area contributed by atoms with Gasteiger partial charge < -0.3 is 10.4 Å². The summed E-state index contributed by atoms with van der Waals surface area (Å²) in [6, 6.07) is 7.71. The number of phenols is 1. The first-order valence-corrected chi connectivity index (χ1v) is 6.44. The standard InChI is InChI=1S/C16H15F2NO2/c1-9-6-7-11(8-13(9)18)10(2)19-16(21)15-12(17)4-3-5-14(15)20/h3-8,10,20H,1-2H3,(H,19,21). The van der Waals surface area contributed by atoms with Crippen LogP contribution in [0.3, 0.4) is 0 Å². The van der Waals surface area contributed by atoms with Crippen molar-refractivity contribution >= 4 is 5.91 Å². The summed E-state index contributed by atoms with van der Waals surface area (Å²) in [5, 5.41) is 12.1. The van der Waals surface area contributed by atoms with Crippen molar-refractivity contribution in [2.24, 2.45) is 0 Å². The second-order valence-electron chi connectivity index (χ2n) is 4.84. The van der Waals surface area contributed by atoms with Gasteiger partial charge >= 0.3 is 0 Å². The summed E-state index contributed by atoms with van der Waals surface area (Å²) >= 11 is 0. The number of nitrogens with one attached hydrogen (secondary N) is 1. The van der Waals surface area contributed by atoms with Gasteiger partial charge in [-0.25, -0.2) is 8.78 Å². The Morgan fingerprint density at radius 3 is 2.52 bits per heavy atom. The number of rotatable bonds is 3. The Kier molecular flexibility index (Phi) is 4.21. The average Bonchev–Trinajstić information content (AvgIpc) is 2.41. The van der Waals surface area contributed by atoms with E-state index in [2.05, 4.69) is 5.32 Å². The van der Waals surface area contributed by atoms with Crippen LogP contribution in [0.25, 0.3) is 0 Å². The molecule has 0 spiro atoms. The SMILES string of the molecule is Cc1ccc(C(C)NC(=O)c2c(O)cccc2F)cc1F. The quantitative estimate of drug-likeness (QED) is 0.909. The molecule has 1 unspecified atom stereocenters. The Bertz CT molecular complexity index is 666. The van der Waals surface area contributed by atoms with E-state index in [4.69, 9.17) is 0 Å². The van der Waals surface area contributed by atoms with Gasteiger partial charge in [-0.1, -0.05) is 18.2 Å². The first kappa shape index (κ1) is 15.0. The number of carbonyl (C=O) groups is 1. The second kappa shape index (κ2) is 5.91. The van der Waals surface area contributed by atoms with Crippen molar-refractivity contribution in [3.63, 3.8) is 0 Å². The van der Waals surface area contributed by atoms with Gasteiger partial charge in [-0.2, -0.15) is 0 Å².